The molecule has 0 aliphatic rings. The Balaban J connectivity index is 1.88. The van der Waals surface area contributed by atoms with Gasteiger partial charge in [0, 0.05) is 12.1 Å². The van der Waals surface area contributed by atoms with Gasteiger partial charge in [-0.15, -0.1) is 10.2 Å². The summed E-state index contributed by atoms with van der Waals surface area (Å²) in [4.78, 5) is 12.1. The number of aromatic nitrogens is 3. The number of benzene rings is 2. The van der Waals surface area contributed by atoms with E-state index in [1.54, 1.807) is 0 Å². The van der Waals surface area contributed by atoms with Crippen molar-refractivity contribution in [3.8, 4) is 11.4 Å². The number of carbonyl (C=O) groups is 1. The first-order valence-electron chi connectivity index (χ1n) is 10.4. The molecule has 0 aliphatic carbocycles. The SMILES string of the molecule is CCCNC(=O)CSc1nnc(-c2ccc(C(C)(C)C)cc2)n1Cc1ccccc1. The topological polar surface area (TPSA) is 59.8 Å². The van der Waals surface area contributed by atoms with E-state index in [1.807, 2.05) is 25.1 Å². The molecule has 0 spiro atoms. The lowest BCUT2D eigenvalue weighted by atomic mass is 9.87. The highest BCUT2D eigenvalue weighted by atomic mass is 32.2. The Morgan fingerprint density at radius 1 is 1.03 bits per heavy atom. The predicted molar refractivity (Wildman–Crippen MR) is 124 cm³/mol. The molecule has 158 valence electrons. The second-order valence-corrected chi connectivity index (χ2v) is 9.29. The largest absolute Gasteiger partial charge is 0.355 e. The van der Waals surface area contributed by atoms with Crippen molar-refractivity contribution in [1.29, 1.82) is 0 Å². The molecule has 1 N–H and O–H groups in total. The molecular formula is C24H30N4OS. The number of hydrogen-bond donors (Lipinski definition) is 1. The van der Waals surface area contributed by atoms with Crippen molar-refractivity contribution < 1.29 is 4.79 Å². The van der Waals surface area contributed by atoms with Gasteiger partial charge < -0.3 is 5.32 Å². The molecule has 3 rings (SSSR count). The summed E-state index contributed by atoms with van der Waals surface area (Å²) in [6, 6.07) is 18.8. The minimum absolute atomic E-state index is 0.0205. The minimum atomic E-state index is 0.0205. The summed E-state index contributed by atoms with van der Waals surface area (Å²) in [7, 11) is 0. The highest BCUT2D eigenvalue weighted by Gasteiger charge is 2.18. The van der Waals surface area contributed by atoms with Gasteiger partial charge in [0.15, 0.2) is 11.0 Å². The minimum Gasteiger partial charge on any atom is -0.355 e. The second kappa shape index (κ2) is 9.94. The lowest BCUT2D eigenvalue weighted by Crippen LogP contribution is -2.25. The normalized spacial score (nSPS) is 11.5. The van der Waals surface area contributed by atoms with Gasteiger partial charge in [0.2, 0.25) is 5.91 Å². The second-order valence-electron chi connectivity index (χ2n) is 8.34. The molecule has 1 heterocycles. The molecule has 3 aromatic rings. The van der Waals surface area contributed by atoms with Crippen LogP contribution in [-0.2, 0) is 16.8 Å². The molecule has 0 atom stereocenters. The Morgan fingerprint density at radius 2 is 1.73 bits per heavy atom. The molecule has 0 saturated heterocycles. The molecule has 0 unspecified atom stereocenters. The quantitative estimate of drug-likeness (QED) is 0.524. The molecule has 1 aromatic heterocycles. The van der Waals surface area contributed by atoms with Crippen molar-refractivity contribution in [2.24, 2.45) is 0 Å². The number of nitrogens with one attached hydrogen (secondary N) is 1. The van der Waals surface area contributed by atoms with Crippen LogP contribution in [0.2, 0.25) is 0 Å². The van der Waals surface area contributed by atoms with Crippen LogP contribution in [-0.4, -0.2) is 33.0 Å². The Kier molecular flexibility index (Phi) is 7.32. The first-order valence-corrected chi connectivity index (χ1v) is 11.3. The van der Waals surface area contributed by atoms with E-state index >= 15 is 0 Å². The van der Waals surface area contributed by atoms with Crippen LogP contribution in [0.15, 0.2) is 59.8 Å². The molecule has 0 radical (unpaired) electrons. The molecule has 0 aliphatic heterocycles. The van der Waals surface area contributed by atoms with Crippen molar-refractivity contribution in [2.75, 3.05) is 12.3 Å². The van der Waals surface area contributed by atoms with E-state index in [0.717, 1.165) is 23.0 Å². The van der Waals surface area contributed by atoms with Crippen molar-refractivity contribution >= 4 is 17.7 Å². The smallest absolute Gasteiger partial charge is 0.230 e. The number of hydrogen-bond acceptors (Lipinski definition) is 4. The van der Waals surface area contributed by atoms with Crippen molar-refractivity contribution in [3.05, 3.63) is 65.7 Å². The van der Waals surface area contributed by atoms with Gasteiger partial charge in [-0.3, -0.25) is 9.36 Å². The van der Waals surface area contributed by atoms with E-state index in [0.29, 0.717) is 18.8 Å². The molecular weight excluding hydrogens is 392 g/mol. The maximum atomic E-state index is 12.1. The van der Waals surface area contributed by atoms with Crippen LogP contribution in [0.5, 0.6) is 0 Å². The van der Waals surface area contributed by atoms with Gasteiger partial charge in [-0.25, -0.2) is 0 Å². The van der Waals surface area contributed by atoms with Gasteiger partial charge in [0.1, 0.15) is 0 Å². The predicted octanol–water partition coefficient (Wildman–Crippen LogP) is 4.91. The summed E-state index contributed by atoms with van der Waals surface area (Å²) in [5.41, 5.74) is 3.57. The zero-order chi connectivity index (χ0) is 21.6. The number of carbonyl (C=O) groups excluding carboxylic acids is 1. The van der Waals surface area contributed by atoms with Crippen LogP contribution in [0.1, 0.15) is 45.2 Å². The van der Waals surface area contributed by atoms with E-state index in [1.165, 1.54) is 22.9 Å². The molecule has 0 fully saturated rings. The van der Waals surface area contributed by atoms with Crippen LogP contribution in [0, 0.1) is 0 Å². The fourth-order valence-electron chi connectivity index (χ4n) is 3.08. The van der Waals surface area contributed by atoms with Crippen LogP contribution in [0.4, 0.5) is 0 Å². The molecule has 0 saturated carbocycles. The molecule has 2 aromatic carbocycles. The van der Waals surface area contributed by atoms with Gasteiger partial charge in [-0.1, -0.05) is 94.1 Å². The third-order valence-electron chi connectivity index (χ3n) is 4.81. The Hall–Kier alpha value is -2.60. The average Bonchev–Trinajstić information content (AvgIpc) is 3.13. The van der Waals surface area contributed by atoms with Crippen LogP contribution in [0.25, 0.3) is 11.4 Å². The maximum Gasteiger partial charge on any atom is 0.230 e. The monoisotopic (exact) mass is 422 g/mol. The standard InChI is InChI=1S/C24H30N4OS/c1-5-15-25-21(29)17-30-23-27-26-22(28(23)16-18-9-7-6-8-10-18)19-11-13-20(14-12-19)24(2,3)4/h6-14H,5,15-17H2,1-4H3,(H,25,29). The number of rotatable bonds is 8. The molecule has 1 amide bonds. The zero-order valence-corrected chi connectivity index (χ0v) is 19.0. The lowest BCUT2D eigenvalue weighted by Gasteiger charge is -2.19. The summed E-state index contributed by atoms with van der Waals surface area (Å²) in [5, 5.41) is 12.5. The highest BCUT2D eigenvalue weighted by Crippen LogP contribution is 2.28. The summed E-state index contributed by atoms with van der Waals surface area (Å²) in [6.45, 7) is 10.0. The third kappa shape index (κ3) is 5.72. The van der Waals surface area contributed by atoms with Gasteiger partial charge >= 0.3 is 0 Å². The summed E-state index contributed by atoms with van der Waals surface area (Å²) < 4.78 is 2.10. The molecule has 30 heavy (non-hydrogen) atoms. The van der Waals surface area contributed by atoms with E-state index in [-0.39, 0.29) is 11.3 Å². The van der Waals surface area contributed by atoms with Crippen molar-refractivity contribution in [3.63, 3.8) is 0 Å². The molecule has 6 heteroatoms. The summed E-state index contributed by atoms with van der Waals surface area (Å²) in [5.74, 6) is 1.17. The van der Waals surface area contributed by atoms with Crippen molar-refractivity contribution in [1.82, 2.24) is 20.1 Å². The first-order chi connectivity index (χ1) is 14.4. The zero-order valence-electron chi connectivity index (χ0n) is 18.2. The van der Waals surface area contributed by atoms with Crippen LogP contribution < -0.4 is 5.32 Å². The van der Waals surface area contributed by atoms with E-state index < -0.39 is 0 Å². The Labute approximate surface area is 183 Å². The van der Waals surface area contributed by atoms with Gasteiger partial charge in [0.05, 0.1) is 12.3 Å². The Morgan fingerprint density at radius 3 is 2.37 bits per heavy atom. The number of amides is 1. The van der Waals surface area contributed by atoms with Gasteiger partial charge in [0.25, 0.3) is 0 Å². The molecule has 0 bridgehead atoms. The van der Waals surface area contributed by atoms with Crippen LogP contribution >= 0.6 is 11.8 Å². The lowest BCUT2D eigenvalue weighted by molar-refractivity contribution is -0.118. The molecule has 5 nitrogen and oxygen atoms in total. The van der Waals surface area contributed by atoms with E-state index in [2.05, 4.69) is 77.3 Å². The van der Waals surface area contributed by atoms with Crippen LogP contribution in [0.3, 0.4) is 0 Å². The average molecular weight is 423 g/mol. The highest BCUT2D eigenvalue weighted by molar-refractivity contribution is 7.99. The first kappa shape index (κ1) is 22.1. The summed E-state index contributed by atoms with van der Waals surface area (Å²) in [6.07, 6.45) is 0.926. The Bertz CT molecular complexity index is 959. The fraction of sp³-hybridized carbons (Fsp3) is 0.375. The maximum absolute atomic E-state index is 12.1. The van der Waals surface area contributed by atoms with Gasteiger partial charge in [-0.05, 0) is 23.0 Å². The number of nitrogens with zero attached hydrogens (tertiary/aromatic N) is 3. The number of thioether (sulfide) groups is 1. The van der Waals surface area contributed by atoms with E-state index in [4.69, 9.17) is 0 Å². The van der Waals surface area contributed by atoms with Gasteiger partial charge in [-0.2, -0.15) is 0 Å². The van der Waals surface area contributed by atoms with E-state index in [9.17, 15) is 4.79 Å². The third-order valence-corrected chi connectivity index (χ3v) is 5.78. The van der Waals surface area contributed by atoms with Crippen molar-refractivity contribution in [2.45, 2.75) is 51.2 Å². The summed E-state index contributed by atoms with van der Waals surface area (Å²) >= 11 is 1.43. The fourth-order valence-corrected chi connectivity index (χ4v) is 3.85.